The van der Waals surface area contributed by atoms with Gasteiger partial charge in [0.2, 0.25) is 0 Å². The smallest absolute Gasteiger partial charge is 0.344 e. The fourth-order valence-electron chi connectivity index (χ4n) is 1.31. The molecule has 0 saturated heterocycles. The van der Waals surface area contributed by atoms with E-state index in [1.807, 2.05) is 0 Å². The maximum absolute atomic E-state index is 11.0. The van der Waals surface area contributed by atoms with Gasteiger partial charge in [0, 0.05) is 6.92 Å². The number of carbonyl (C=O) groups is 2. The quantitative estimate of drug-likeness (QED) is 0.342. The fourth-order valence-corrected chi connectivity index (χ4v) is 1.31. The predicted octanol–water partition coefficient (Wildman–Crippen LogP) is 3.01. The third kappa shape index (κ3) is 12.7. The van der Waals surface area contributed by atoms with Gasteiger partial charge in [-0.3, -0.25) is 4.79 Å². The van der Waals surface area contributed by atoms with E-state index in [9.17, 15) is 9.59 Å². The Labute approximate surface area is 109 Å². The lowest BCUT2D eigenvalue weighted by Crippen LogP contribution is -2.15. The van der Waals surface area contributed by atoms with Gasteiger partial charge in [-0.1, -0.05) is 31.9 Å². The Morgan fingerprint density at radius 1 is 1.00 bits per heavy atom. The van der Waals surface area contributed by atoms with Gasteiger partial charge in [-0.2, -0.15) is 0 Å². The summed E-state index contributed by atoms with van der Waals surface area (Å²) in [6, 6.07) is 0. The lowest BCUT2D eigenvalue weighted by molar-refractivity contribution is -0.157. The highest BCUT2D eigenvalue weighted by Crippen LogP contribution is 2.01. The summed E-state index contributed by atoms with van der Waals surface area (Å²) in [5, 5.41) is 0. The van der Waals surface area contributed by atoms with Crippen LogP contribution in [0.5, 0.6) is 0 Å². The Balaban J connectivity index is 3.27. The van der Waals surface area contributed by atoms with Crippen LogP contribution in [-0.4, -0.2) is 25.2 Å². The lowest BCUT2D eigenvalue weighted by Gasteiger charge is -2.03. The van der Waals surface area contributed by atoms with E-state index in [0.717, 1.165) is 25.7 Å². The van der Waals surface area contributed by atoms with Crippen molar-refractivity contribution in [1.29, 1.82) is 0 Å². The largest absolute Gasteiger partial charge is 0.463 e. The molecule has 0 amide bonds. The molecule has 0 heterocycles. The minimum atomic E-state index is -0.483. The normalized spacial score (nSPS) is 10.6. The zero-order valence-electron chi connectivity index (χ0n) is 11.4. The average molecular weight is 256 g/mol. The van der Waals surface area contributed by atoms with Gasteiger partial charge in [-0.15, -0.1) is 0 Å². The standard InChI is InChI=1S/C14H24O4/c1-3-4-5-6-7-8-9-10-11-17-14(16)12-18-13(2)15/h6-7H,3-5,8-12H2,1-2H3/b7-6+. The monoisotopic (exact) mass is 256 g/mol. The number of hydrogen-bond acceptors (Lipinski definition) is 4. The summed E-state index contributed by atoms with van der Waals surface area (Å²) in [6.45, 7) is 3.55. The summed E-state index contributed by atoms with van der Waals surface area (Å²) >= 11 is 0. The molecule has 0 aliphatic heterocycles. The van der Waals surface area contributed by atoms with Crippen molar-refractivity contribution in [2.24, 2.45) is 0 Å². The molecule has 0 radical (unpaired) electrons. The predicted molar refractivity (Wildman–Crippen MR) is 70.1 cm³/mol. The number of ether oxygens (including phenoxy) is 2. The maximum atomic E-state index is 11.0. The van der Waals surface area contributed by atoms with Crippen LogP contribution in [0.3, 0.4) is 0 Å². The second-order valence-corrected chi connectivity index (χ2v) is 4.11. The van der Waals surface area contributed by atoms with Gasteiger partial charge in [0.15, 0.2) is 6.61 Å². The van der Waals surface area contributed by atoms with Crippen LogP contribution >= 0.6 is 0 Å². The molecule has 0 rings (SSSR count). The highest BCUT2D eigenvalue weighted by molar-refractivity contribution is 5.75. The molecule has 0 N–H and O–H groups in total. The maximum Gasteiger partial charge on any atom is 0.344 e. The number of allylic oxidation sites excluding steroid dienone is 2. The zero-order valence-corrected chi connectivity index (χ0v) is 11.4. The Morgan fingerprint density at radius 3 is 2.28 bits per heavy atom. The molecule has 0 fully saturated rings. The highest BCUT2D eigenvalue weighted by atomic mass is 16.6. The van der Waals surface area contributed by atoms with Crippen molar-refractivity contribution in [1.82, 2.24) is 0 Å². The topological polar surface area (TPSA) is 52.6 Å². The Morgan fingerprint density at radius 2 is 1.67 bits per heavy atom. The van der Waals surface area contributed by atoms with Crippen LogP contribution in [-0.2, 0) is 19.1 Å². The third-order valence-corrected chi connectivity index (χ3v) is 2.31. The summed E-state index contributed by atoms with van der Waals surface area (Å²) in [5.74, 6) is -0.951. The molecule has 0 aliphatic carbocycles. The van der Waals surface area contributed by atoms with Gasteiger partial charge in [-0.05, 0) is 25.7 Å². The average Bonchev–Trinajstić information content (AvgIpc) is 2.34. The zero-order chi connectivity index (χ0) is 13.6. The third-order valence-electron chi connectivity index (χ3n) is 2.31. The fraction of sp³-hybridized carbons (Fsp3) is 0.714. The molecule has 0 saturated carbocycles. The van der Waals surface area contributed by atoms with Gasteiger partial charge >= 0.3 is 11.9 Å². The highest BCUT2D eigenvalue weighted by Gasteiger charge is 2.04. The molecule has 0 aromatic heterocycles. The van der Waals surface area contributed by atoms with Gasteiger partial charge in [0.1, 0.15) is 0 Å². The minimum Gasteiger partial charge on any atom is -0.463 e. The van der Waals surface area contributed by atoms with Crippen molar-refractivity contribution < 1.29 is 19.1 Å². The van der Waals surface area contributed by atoms with Crippen LogP contribution in [0.15, 0.2) is 12.2 Å². The first-order valence-electron chi connectivity index (χ1n) is 6.60. The molecule has 0 aliphatic rings. The minimum absolute atomic E-state index is 0.285. The summed E-state index contributed by atoms with van der Waals surface area (Å²) in [4.78, 5) is 21.5. The molecule has 0 bridgehead atoms. The van der Waals surface area contributed by atoms with E-state index in [4.69, 9.17) is 4.74 Å². The van der Waals surface area contributed by atoms with E-state index >= 15 is 0 Å². The molecule has 0 atom stereocenters. The molecule has 0 unspecified atom stereocenters. The molecule has 4 nitrogen and oxygen atoms in total. The summed E-state index contributed by atoms with van der Waals surface area (Å²) < 4.78 is 9.41. The summed E-state index contributed by atoms with van der Waals surface area (Å²) in [7, 11) is 0. The number of esters is 2. The number of rotatable bonds is 10. The number of hydrogen-bond donors (Lipinski definition) is 0. The van der Waals surface area contributed by atoms with Gasteiger partial charge in [-0.25, -0.2) is 4.79 Å². The Hall–Kier alpha value is -1.32. The lowest BCUT2D eigenvalue weighted by atomic mass is 10.2. The molecule has 104 valence electrons. The SMILES string of the molecule is CCCC/C=C/CCCCOC(=O)COC(C)=O. The molecule has 0 aromatic rings. The van der Waals surface area contributed by atoms with E-state index in [2.05, 4.69) is 23.8 Å². The van der Waals surface area contributed by atoms with Gasteiger partial charge in [0.05, 0.1) is 6.61 Å². The molecule has 0 aromatic carbocycles. The summed E-state index contributed by atoms with van der Waals surface area (Å²) in [6.07, 6.45) is 10.9. The first-order valence-corrected chi connectivity index (χ1v) is 6.60. The van der Waals surface area contributed by atoms with Crippen molar-refractivity contribution in [3.63, 3.8) is 0 Å². The van der Waals surface area contributed by atoms with Crippen LogP contribution < -0.4 is 0 Å². The molecule has 18 heavy (non-hydrogen) atoms. The van der Waals surface area contributed by atoms with E-state index < -0.39 is 11.9 Å². The van der Waals surface area contributed by atoms with Crippen LogP contribution in [0.1, 0.15) is 52.4 Å². The van der Waals surface area contributed by atoms with Crippen molar-refractivity contribution >= 4 is 11.9 Å². The van der Waals surface area contributed by atoms with Crippen LogP contribution in [0, 0.1) is 0 Å². The molecule has 4 heteroatoms. The van der Waals surface area contributed by atoms with Crippen molar-refractivity contribution in [2.45, 2.75) is 52.4 Å². The van der Waals surface area contributed by atoms with Crippen molar-refractivity contribution in [3.05, 3.63) is 12.2 Å². The van der Waals surface area contributed by atoms with Crippen LogP contribution in [0.2, 0.25) is 0 Å². The van der Waals surface area contributed by atoms with E-state index in [-0.39, 0.29) is 6.61 Å². The van der Waals surface area contributed by atoms with E-state index in [1.165, 1.54) is 19.8 Å². The first kappa shape index (κ1) is 16.7. The van der Waals surface area contributed by atoms with Gasteiger partial charge < -0.3 is 9.47 Å². The number of carbonyl (C=O) groups excluding carboxylic acids is 2. The number of unbranched alkanes of at least 4 members (excludes halogenated alkanes) is 4. The van der Waals surface area contributed by atoms with Crippen molar-refractivity contribution in [2.75, 3.05) is 13.2 Å². The van der Waals surface area contributed by atoms with E-state index in [0.29, 0.717) is 6.61 Å². The Bertz CT molecular complexity index is 259. The van der Waals surface area contributed by atoms with Gasteiger partial charge in [0.25, 0.3) is 0 Å². The van der Waals surface area contributed by atoms with Crippen molar-refractivity contribution in [3.8, 4) is 0 Å². The molecule has 0 spiro atoms. The molecular formula is C14H24O4. The summed E-state index contributed by atoms with van der Waals surface area (Å²) in [5.41, 5.74) is 0. The van der Waals surface area contributed by atoms with E-state index in [1.54, 1.807) is 0 Å². The second-order valence-electron chi connectivity index (χ2n) is 4.11. The first-order chi connectivity index (χ1) is 8.66. The van der Waals surface area contributed by atoms with Crippen LogP contribution in [0.25, 0.3) is 0 Å². The van der Waals surface area contributed by atoms with Crippen LogP contribution in [0.4, 0.5) is 0 Å². The second kappa shape index (κ2) is 12.1. The Kier molecular flexibility index (Phi) is 11.3. The molecular weight excluding hydrogens is 232 g/mol.